The smallest absolute Gasteiger partial charge is 0.267 e. The van der Waals surface area contributed by atoms with Crippen LogP contribution in [0.25, 0.3) is 17.4 Å². The average molecular weight is 497 g/mol. The molecule has 0 aliphatic heterocycles. The number of aryl methyl sites for hydroxylation is 1. The highest BCUT2D eigenvalue weighted by molar-refractivity contribution is 7.89. The van der Waals surface area contributed by atoms with Crippen LogP contribution in [0.1, 0.15) is 39.4 Å². The van der Waals surface area contributed by atoms with Crippen LogP contribution in [-0.2, 0) is 27.7 Å². The molecule has 0 fully saturated rings. The third kappa shape index (κ3) is 4.79. The number of carbonyl (C=O) groups is 2. The van der Waals surface area contributed by atoms with Crippen LogP contribution in [0.2, 0.25) is 0 Å². The number of sulfonamides is 1. The number of nitrogens with zero attached hydrogens (tertiary/aromatic N) is 1. The van der Waals surface area contributed by atoms with E-state index in [1.807, 2.05) is 6.07 Å². The van der Waals surface area contributed by atoms with Gasteiger partial charge in [-0.15, -0.1) is 11.3 Å². The lowest BCUT2D eigenvalue weighted by atomic mass is 9.95. The summed E-state index contributed by atoms with van der Waals surface area (Å²) in [5, 5.41) is 17.6. The van der Waals surface area contributed by atoms with Gasteiger partial charge in [0, 0.05) is 16.5 Å². The maximum atomic E-state index is 12.8. The second-order valence-electron chi connectivity index (χ2n) is 7.67. The minimum Gasteiger partial charge on any atom is -0.457 e. The minimum absolute atomic E-state index is 0.0306. The first-order chi connectivity index (χ1) is 16.2. The van der Waals surface area contributed by atoms with E-state index in [1.54, 1.807) is 12.1 Å². The van der Waals surface area contributed by atoms with Gasteiger partial charge in [-0.3, -0.25) is 9.59 Å². The number of benzene rings is 1. The number of fused-ring (bicyclic) bond motifs is 1. The Morgan fingerprint density at radius 3 is 2.47 bits per heavy atom. The van der Waals surface area contributed by atoms with Crippen molar-refractivity contribution in [2.75, 3.05) is 5.32 Å². The first-order valence-corrected chi connectivity index (χ1v) is 12.6. The Bertz CT molecular complexity index is 1460. The second kappa shape index (κ2) is 9.26. The lowest BCUT2D eigenvalue weighted by Gasteiger charge is -2.11. The molecule has 0 unspecified atom stereocenters. The predicted molar refractivity (Wildman–Crippen MR) is 127 cm³/mol. The van der Waals surface area contributed by atoms with Crippen LogP contribution in [0, 0.1) is 11.3 Å². The van der Waals surface area contributed by atoms with Gasteiger partial charge < -0.3 is 15.5 Å². The largest absolute Gasteiger partial charge is 0.457 e. The molecule has 3 aromatic rings. The van der Waals surface area contributed by atoms with Crippen molar-refractivity contribution in [1.29, 1.82) is 5.26 Å². The normalized spacial score (nSPS) is 13.7. The van der Waals surface area contributed by atoms with Gasteiger partial charge in [0.05, 0.1) is 10.5 Å². The number of furan rings is 1. The molecule has 0 spiro atoms. The molecule has 0 bridgehead atoms. The highest BCUT2D eigenvalue weighted by Crippen LogP contribution is 2.38. The molecule has 174 valence electrons. The monoisotopic (exact) mass is 496 g/mol. The van der Waals surface area contributed by atoms with Crippen molar-refractivity contribution < 1.29 is 22.4 Å². The van der Waals surface area contributed by atoms with Crippen molar-refractivity contribution in [2.24, 2.45) is 10.9 Å². The number of thiophene rings is 1. The molecule has 1 aromatic carbocycles. The van der Waals surface area contributed by atoms with Crippen molar-refractivity contribution in [3.8, 4) is 17.4 Å². The molecule has 0 saturated carbocycles. The van der Waals surface area contributed by atoms with E-state index in [9.17, 15) is 23.3 Å². The van der Waals surface area contributed by atoms with Gasteiger partial charge in [0.15, 0.2) is 0 Å². The van der Waals surface area contributed by atoms with E-state index in [2.05, 4.69) is 5.32 Å². The van der Waals surface area contributed by atoms with Crippen molar-refractivity contribution >= 4 is 44.3 Å². The summed E-state index contributed by atoms with van der Waals surface area (Å²) in [4.78, 5) is 25.8. The number of anilines is 1. The third-order valence-corrected chi connectivity index (χ3v) is 7.53. The summed E-state index contributed by atoms with van der Waals surface area (Å²) < 4.78 is 28.5. The van der Waals surface area contributed by atoms with Crippen LogP contribution in [0.15, 0.2) is 51.3 Å². The van der Waals surface area contributed by atoms with Crippen LogP contribution < -0.4 is 16.2 Å². The Morgan fingerprint density at radius 2 is 1.82 bits per heavy atom. The topological polar surface area (TPSA) is 169 Å². The Labute approximate surface area is 199 Å². The van der Waals surface area contributed by atoms with E-state index < -0.39 is 21.8 Å². The Hall–Kier alpha value is -3.72. The predicted octanol–water partition coefficient (Wildman–Crippen LogP) is 3.18. The van der Waals surface area contributed by atoms with Gasteiger partial charge in [-0.1, -0.05) is 0 Å². The van der Waals surface area contributed by atoms with E-state index in [4.69, 9.17) is 15.3 Å². The zero-order valence-corrected chi connectivity index (χ0v) is 19.5. The summed E-state index contributed by atoms with van der Waals surface area (Å²) in [5.74, 6) is -0.634. The number of nitrogens with two attached hydrogens (primary N) is 2. The van der Waals surface area contributed by atoms with Crippen molar-refractivity contribution in [3.05, 3.63) is 63.7 Å². The number of rotatable bonds is 6. The van der Waals surface area contributed by atoms with Crippen molar-refractivity contribution in [3.63, 3.8) is 0 Å². The van der Waals surface area contributed by atoms with E-state index in [0.29, 0.717) is 21.9 Å². The van der Waals surface area contributed by atoms with Crippen LogP contribution in [0.4, 0.5) is 5.00 Å². The molecule has 1 aliphatic rings. The zero-order chi connectivity index (χ0) is 24.5. The van der Waals surface area contributed by atoms with Crippen LogP contribution in [-0.4, -0.2) is 20.2 Å². The first kappa shape index (κ1) is 23.4. The molecule has 9 nitrogen and oxygen atoms in total. The van der Waals surface area contributed by atoms with Gasteiger partial charge in [0.1, 0.15) is 28.2 Å². The standard InChI is InChI=1S/C23H20N4O5S2/c24-12-14(22(29)27-23-20(21(25)28)17-3-1-2-4-19(17)33-23)11-15-7-10-18(32-15)13-5-8-16(9-6-13)34(26,30)31/h5-11H,1-4H2,(H2,25,28)(H,27,29)(H2,26,30,31). The SMILES string of the molecule is N#CC(=Cc1ccc(-c2ccc(S(N)(=O)=O)cc2)o1)C(=O)Nc1sc2c(c1C(N)=O)CCCC2. The summed E-state index contributed by atoms with van der Waals surface area (Å²) in [5.41, 5.74) is 7.13. The highest BCUT2D eigenvalue weighted by atomic mass is 32.2. The van der Waals surface area contributed by atoms with Crippen LogP contribution in [0.5, 0.6) is 0 Å². The number of amides is 2. The maximum Gasteiger partial charge on any atom is 0.267 e. The van der Waals surface area contributed by atoms with Gasteiger partial charge in [0.25, 0.3) is 11.8 Å². The van der Waals surface area contributed by atoms with E-state index in [0.717, 1.165) is 36.1 Å². The first-order valence-electron chi connectivity index (χ1n) is 10.3. The highest BCUT2D eigenvalue weighted by Gasteiger charge is 2.25. The van der Waals surface area contributed by atoms with E-state index in [1.165, 1.54) is 41.7 Å². The van der Waals surface area contributed by atoms with Gasteiger partial charge in [-0.05, 0) is 67.6 Å². The molecule has 11 heteroatoms. The fraction of sp³-hybridized carbons (Fsp3) is 0.174. The van der Waals surface area contributed by atoms with Crippen molar-refractivity contribution in [1.82, 2.24) is 0 Å². The fourth-order valence-corrected chi connectivity index (χ4v) is 5.58. The number of primary sulfonamides is 1. The molecule has 0 saturated heterocycles. The molecular formula is C23H20N4O5S2. The molecule has 2 amide bonds. The minimum atomic E-state index is -3.81. The summed E-state index contributed by atoms with van der Waals surface area (Å²) >= 11 is 1.31. The molecular weight excluding hydrogens is 476 g/mol. The lowest BCUT2D eigenvalue weighted by Crippen LogP contribution is -2.19. The number of nitrogens with one attached hydrogen (secondary N) is 1. The van der Waals surface area contributed by atoms with Gasteiger partial charge in [-0.25, -0.2) is 13.6 Å². The summed E-state index contributed by atoms with van der Waals surface area (Å²) in [6.07, 6.45) is 4.80. The summed E-state index contributed by atoms with van der Waals surface area (Å²) in [7, 11) is -3.81. The Morgan fingerprint density at radius 1 is 1.12 bits per heavy atom. The van der Waals surface area contributed by atoms with Gasteiger partial charge >= 0.3 is 0 Å². The fourth-order valence-electron chi connectivity index (χ4n) is 3.77. The second-order valence-corrected chi connectivity index (χ2v) is 10.3. The maximum absolute atomic E-state index is 12.8. The van der Waals surface area contributed by atoms with Gasteiger partial charge in [-0.2, -0.15) is 5.26 Å². The number of nitriles is 1. The third-order valence-electron chi connectivity index (χ3n) is 5.39. The van der Waals surface area contributed by atoms with E-state index in [-0.39, 0.29) is 16.2 Å². The van der Waals surface area contributed by atoms with Crippen molar-refractivity contribution in [2.45, 2.75) is 30.6 Å². The summed E-state index contributed by atoms with van der Waals surface area (Å²) in [6, 6.07) is 10.8. The molecule has 34 heavy (non-hydrogen) atoms. The average Bonchev–Trinajstić information content (AvgIpc) is 3.41. The molecule has 1 aliphatic carbocycles. The van der Waals surface area contributed by atoms with Gasteiger partial charge in [0.2, 0.25) is 10.0 Å². The Kier molecular flexibility index (Phi) is 6.39. The number of primary amides is 1. The molecule has 0 atom stereocenters. The molecule has 4 rings (SSSR count). The van der Waals surface area contributed by atoms with Crippen LogP contribution >= 0.6 is 11.3 Å². The Balaban J connectivity index is 1.56. The molecule has 2 aromatic heterocycles. The quantitative estimate of drug-likeness (QED) is 0.349. The lowest BCUT2D eigenvalue weighted by molar-refractivity contribution is -0.112. The zero-order valence-electron chi connectivity index (χ0n) is 17.8. The molecule has 2 heterocycles. The van der Waals surface area contributed by atoms with E-state index >= 15 is 0 Å². The molecule has 5 N–H and O–H groups in total. The number of carbonyl (C=O) groups excluding carboxylic acids is 2. The number of hydrogen-bond donors (Lipinski definition) is 3. The summed E-state index contributed by atoms with van der Waals surface area (Å²) in [6.45, 7) is 0. The molecule has 0 radical (unpaired) electrons. The number of hydrogen-bond acceptors (Lipinski definition) is 7. The van der Waals surface area contributed by atoms with Crippen LogP contribution in [0.3, 0.4) is 0 Å².